The summed E-state index contributed by atoms with van der Waals surface area (Å²) in [7, 11) is -5.05. The minimum absolute atomic E-state index is 0.115. The van der Waals surface area contributed by atoms with Crippen molar-refractivity contribution in [3.63, 3.8) is 0 Å². The normalized spacial score (nSPS) is 21.5. The van der Waals surface area contributed by atoms with Crippen molar-refractivity contribution in [2.75, 3.05) is 45.9 Å². The van der Waals surface area contributed by atoms with Crippen molar-refractivity contribution in [1.29, 1.82) is 0 Å². The minimum atomic E-state index is -5.05. The second-order valence-corrected chi connectivity index (χ2v) is 12.5. The molecule has 0 unspecified atom stereocenters. The van der Waals surface area contributed by atoms with Crippen molar-refractivity contribution >= 4 is 22.3 Å². The number of fused-ring (bicyclic) bond motifs is 2. The number of hydroxylamine groups is 3. The van der Waals surface area contributed by atoms with Gasteiger partial charge in [-0.1, -0.05) is 53.4 Å². The Morgan fingerprint density at radius 1 is 0.927 bits per heavy atom. The molecule has 0 aromatic heterocycles. The Balaban J connectivity index is 0.000000307. The molecule has 3 aliphatic rings. The molecule has 3 saturated heterocycles. The summed E-state index contributed by atoms with van der Waals surface area (Å²) >= 11 is 0. The van der Waals surface area contributed by atoms with Gasteiger partial charge in [0.2, 0.25) is 10.4 Å². The molecule has 41 heavy (non-hydrogen) atoms. The molecule has 12 nitrogen and oxygen atoms in total. The second-order valence-electron chi connectivity index (χ2n) is 11.5. The Hall–Kier alpha value is -1.51. The number of piperidine rings is 1. The number of rotatable bonds is 17. The van der Waals surface area contributed by atoms with Gasteiger partial charge in [-0.3, -0.25) is 9.63 Å². The van der Waals surface area contributed by atoms with Gasteiger partial charge in [0, 0.05) is 19.8 Å². The van der Waals surface area contributed by atoms with E-state index in [-0.39, 0.29) is 12.6 Å². The fourth-order valence-electron chi connectivity index (χ4n) is 5.75. The first-order valence-electron chi connectivity index (χ1n) is 15.7. The first-order chi connectivity index (χ1) is 19.6. The monoisotopic (exact) mass is 606 g/mol. The maximum Gasteiger partial charge on any atom is 0.346 e. The fraction of sp³-hybridized carbons (Fsp3) is 0.929. The molecule has 3 amide bonds. The Bertz CT molecular complexity index is 847. The lowest BCUT2D eigenvalue weighted by Crippen LogP contribution is -2.50. The zero-order chi connectivity index (χ0) is 30.3. The van der Waals surface area contributed by atoms with Crippen molar-refractivity contribution in [2.24, 2.45) is 0 Å². The van der Waals surface area contributed by atoms with Crippen LogP contribution in [0.15, 0.2) is 0 Å². The van der Waals surface area contributed by atoms with Crippen molar-refractivity contribution in [1.82, 2.24) is 15.4 Å². The lowest BCUT2D eigenvalue weighted by atomic mass is 10.0. The molecule has 0 spiro atoms. The molecule has 3 heterocycles. The molecule has 0 aromatic carbocycles. The first-order valence-corrected chi connectivity index (χ1v) is 17.1. The van der Waals surface area contributed by atoms with Crippen LogP contribution in [0.1, 0.15) is 105 Å². The maximum absolute atomic E-state index is 12.3. The summed E-state index contributed by atoms with van der Waals surface area (Å²) < 4.78 is 42.9. The Kier molecular flexibility index (Phi) is 15.9. The highest BCUT2D eigenvalue weighted by molar-refractivity contribution is 7.80. The average molecular weight is 607 g/mol. The predicted octanol–water partition coefficient (Wildman–Crippen LogP) is 3.88. The van der Waals surface area contributed by atoms with Crippen LogP contribution in [-0.2, 0) is 29.1 Å². The number of urea groups is 1. The lowest BCUT2D eigenvalue weighted by molar-refractivity contribution is -0.929. The zero-order valence-corrected chi connectivity index (χ0v) is 26.5. The summed E-state index contributed by atoms with van der Waals surface area (Å²) in [4.78, 5) is 31.0. The third-order valence-corrected chi connectivity index (χ3v) is 8.58. The molecule has 0 saturated carbocycles. The van der Waals surface area contributed by atoms with Crippen molar-refractivity contribution in [3.05, 3.63) is 0 Å². The molecule has 13 heteroatoms. The van der Waals surface area contributed by atoms with Crippen LogP contribution in [0.4, 0.5) is 4.79 Å². The molecule has 2 bridgehead atoms. The van der Waals surface area contributed by atoms with Crippen molar-refractivity contribution in [3.8, 4) is 0 Å². The lowest BCUT2D eigenvalue weighted by Gasteiger charge is -2.39. The SMILES string of the molecule is CCCC[N+](CCCC)(CCCC)CCCC.O=C(NOC1CCOCC1)[C@@H]1CC[C@@H]2CN1C(=O)N2OS(=O)(=O)[O-]. The standard InChI is InChI=1S/C16H36N.C12H19N3O8S/c1-5-9-13-17(14-10-6-2,15-11-7-3)16-12-8-4;16-11(13-22-9-3-5-21-6-4-9)10-2-1-8-7-14(10)12(17)15(8)23-24(18,19)20/h5-16H2,1-4H3;8-10H,1-7H2,(H,13,16)(H,18,19,20)/q+1;/p-1/t;8-,10+/m.1/s1. The van der Waals surface area contributed by atoms with Crippen LogP contribution < -0.4 is 5.48 Å². The van der Waals surface area contributed by atoms with Gasteiger partial charge in [0.05, 0.1) is 38.3 Å². The first kappa shape index (κ1) is 35.7. The number of hydrogen-bond donors (Lipinski definition) is 1. The van der Waals surface area contributed by atoms with Crippen molar-refractivity contribution < 1.29 is 40.9 Å². The van der Waals surface area contributed by atoms with Crippen LogP contribution in [0.5, 0.6) is 0 Å². The number of carbonyl (C=O) groups is 2. The smallest absolute Gasteiger partial charge is 0.346 e. The number of amides is 3. The van der Waals surface area contributed by atoms with Crippen LogP contribution in [0.25, 0.3) is 0 Å². The Morgan fingerprint density at radius 2 is 1.44 bits per heavy atom. The molecule has 0 aromatic rings. The molecular weight excluding hydrogens is 552 g/mol. The van der Waals surface area contributed by atoms with E-state index in [1.807, 2.05) is 0 Å². The quantitative estimate of drug-likeness (QED) is 0.114. The van der Waals surface area contributed by atoms with Gasteiger partial charge in [-0.2, -0.15) is 9.35 Å². The highest BCUT2D eigenvalue weighted by Gasteiger charge is 2.49. The van der Waals surface area contributed by atoms with E-state index in [2.05, 4.69) is 37.5 Å². The Morgan fingerprint density at radius 3 is 1.90 bits per heavy atom. The number of nitrogens with zero attached hydrogens (tertiary/aromatic N) is 3. The van der Waals surface area contributed by atoms with Gasteiger partial charge in [0.1, 0.15) is 6.04 Å². The minimum Gasteiger partial charge on any atom is -0.724 e. The molecular formula is C28H54N4O8S. The maximum atomic E-state index is 12.3. The zero-order valence-electron chi connectivity index (χ0n) is 25.7. The summed E-state index contributed by atoms with van der Waals surface area (Å²) in [5.41, 5.74) is 2.36. The molecule has 0 aliphatic carbocycles. The summed E-state index contributed by atoms with van der Waals surface area (Å²) in [6.45, 7) is 16.3. The van der Waals surface area contributed by atoms with Crippen LogP contribution >= 0.6 is 0 Å². The van der Waals surface area contributed by atoms with E-state index in [4.69, 9.17) is 9.57 Å². The summed E-state index contributed by atoms with van der Waals surface area (Å²) in [5.74, 6) is -0.486. The molecule has 240 valence electrons. The topological polar surface area (TPSA) is 138 Å². The van der Waals surface area contributed by atoms with Gasteiger partial charge in [0.15, 0.2) is 0 Å². The molecule has 3 fully saturated rings. The highest BCUT2D eigenvalue weighted by atomic mass is 32.3. The van der Waals surface area contributed by atoms with Crippen molar-refractivity contribution in [2.45, 2.75) is 123 Å². The van der Waals surface area contributed by atoms with Crippen LogP contribution in [0.3, 0.4) is 0 Å². The van der Waals surface area contributed by atoms with Gasteiger partial charge >= 0.3 is 6.03 Å². The third kappa shape index (κ3) is 11.9. The summed E-state index contributed by atoms with van der Waals surface area (Å²) in [6.07, 6.45) is 12.9. The van der Waals surface area contributed by atoms with E-state index in [1.54, 1.807) is 0 Å². The van der Waals surface area contributed by atoms with Gasteiger partial charge in [-0.05, 0) is 51.4 Å². The number of nitrogens with one attached hydrogen (secondary N) is 1. The van der Waals surface area contributed by atoms with E-state index < -0.39 is 34.4 Å². The average Bonchev–Trinajstić information content (AvgIpc) is 3.19. The van der Waals surface area contributed by atoms with Gasteiger partial charge < -0.3 is 18.7 Å². The van der Waals surface area contributed by atoms with E-state index in [0.717, 1.165) is 0 Å². The molecule has 2 atom stereocenters. The molecule has 3 aliphatic heterocycles. The second kappa shape index (κ2) is 18.2. The van der Waals surface area contributed by atoms with Gasteiger partial charge in [0.25, 0.3) is 5.91 Å². The van der Waals surface area contributed by atoms with Gasteiger partial charge in [-0.15, -0.1) is 0 Å². The number of hydrogen-bond acceptors (Lipinski definition) is 8. The predicted molar refractivity (Wildman–Crippen MR) is 154 cm³/mol. The number of quaternary nitrogens is 1. The van der Waals surface area contributed by atoms with E-state index in [0.29, 0.717) is 44.0 Å². The molecule has 0 radical (unpaired) electrons. The number of carbonyl (C=O) groups excluding carboxylic acids is 2. The fourth-order valence-corrected chi connectivity index (χ4v) is 6.13. The van der Waals surface area contributed by atoms with Crippen LogP contribution in [0.2, 0.25) is 0 Å². The molecule has 1 N–H and O–H groups in total. The number of ether oxygens (including phenoxy) is 1. The molecule has 3 rings (SSSR count). The number of unbranched alkanes of at least 4 members (excludes halogenated alkanes) is 4. The van der Waals surface area contributed by atoms with E-state index in [1.165, 1.54) is 86.9 Å². The van der Waals surface area contributed by atoms with E-state index in [9.17, 15) is 22.6 Å². The Labute approximate surface area is 247 Å². The summed E-state index contributed by atoms with van der Waals surface area (Å²) in [5, 5.41) is 0.537. The third-order valence-electron chi connectivity index (χ3n) is 8.24. The summed E-state index contributed by atoms with van der Waals surface area (Å²) in [6, 6.07) is -2.18. The van der Waals surface area contributed by atoms with E-state index >= 15 is 0 Å². The largest absolute Gasteiger partial charge is 0.724 e. The van der Waals surface area contributed by atoms with Crippen LogP contribution in [-0.4, -0.2) is 103 Å². The van der Waals surface area contributed by atoms with Crippen LogP contribution in [0, 0.1) is 0 Å². The van der Waals surface area contributed by atoms with Gasteiger partial charge in [-0.25, -0.2) is 18.7 Å². The highest BCUT2D eigenvalue weighted by Crippen LogP contribution is 2.30.